The third-order valence-electron chi connectivity index (χ3n) is 5.40. The maximum Gasteiger partial charge on any atom is 0.322 e. The number of carbonyl (C=O) groups excluding carboxylic acids is 1. The number of rotatable bonds is 4. The van der Waals surface area contributed by atoms with Crippen LogP contribution in [0.15, 0.2) is 24.3 Å². The van der Waals surface area contributed by atoms with E-state index in [4.69, 9.17) is 5.11 Å². The van der Waals surface area contributed by atoms with Crippen LogP contribution in [0.25, 0.3) is 0 Å². The molecule has 1 aliphatic carbocycles. The summed E-state index contributed by atoms with van der Waals surface area (Å²) in [6, 6.07) is 8.78. The number of nitrogens with zero attached hydrogens (tertiary/aromatic N) is 1. The number of likely N-dealkylation sites (tertiary alicyclic amines) is 1. The van der Waals surface area contributed by atoms with Gasteiger partial charge in [0.05, 0.1) is 6.54 Å². The number of aryl methyl sites for hydroxylation is 1. The van der Waals surface area contributed by atoms with Gasteiger partial charge in [-0.05, 0) is 49.8 Å². The van der Waals surface area contributed by atoms with Crippen LogP contribution in [0, 0.1) is 0 Å². The van der Waals surface area contributed by atoms with Crippen LogP contribution in [0.1, 0.15) is 43.2 Å². The monoisotopic (exact) mass is 330 g/mol. The van der Waals surface area contributed by atoms with Crippen LogP contribution in [0.3, 0.4) is 0 Å². The summed E-state index contributed by atoms with van der Waals surface area (Å²) in [5.41, 5.74) is 3.09. The number of amides is 1. The Bertz CT molecular complexity index is 616. The molecule has 0 saturated carbocycles. The molecule has 5 nitrogen and oxygen atoms in total. The standard InChI is InChI=1S/C19H26N2O3/c22-17(20-12-18(23)24)13-21-11-5-10-19(14-21)9-4-3-7-15-6-1-2-8-16(15)19/h1-2,6,8H,3-5,7,9-14H2,(H,20,22)(H,23,24). The molecule has 0 aromatic heterocycles. The third-order valence-corrected chi connectivity index (χ3v) is 5.40. The number of hydrogen-bond donors (Lipinski definition) is 2. The van der Waals surface area contributed by atoms with Crippen molar-refractivity contribution in [3.05, 3.63) is 35.4 Å². The zero-order valence-corrected chi connectivity index (χ0v) is 14.1. The maximum atomic E-state index is 12.0. The molecule has 130 valence electrons. The van der Waals surface area contributed by atoms with E-state index < -0.39 is 5.97 Å². The lowest BCUT2D eigenvalue weighted by molar-refractivity contribution is -0.138. The van der Waals surface area contributed by atoms with Gasteiger partial charge < -0.3 is 10.4 Å². The SMILES string of the molecule is O=C(O)CNC(=O)CN1CCCC2(CCCCc3ccccc32)C1. The maximum absolute atomic E-state index is 12.0. The minimum Gasteiger partial charge on any atom is -0.480 e. The highest BCUT2D eigenvalue weighted by molar-refractivity contribution is 5.82. The third kappa shape index (κ3) is 3.78. The molecule has 1 aromatic rings. The van der Waals surface area contributed by atoms with Crippen molar-refractivity contribution in [3.8, 4) is 0 Å². The van der Waals surface area contributed by atoms with E-state index in [9.17, 15) is 9.59 Å². The second kappa shape index (κ2) is 7.34. The van der Waals surface area contributed by atoms with Crippen LogP contribution in [-0.2, 0) is 21.4 Å². The normalized spacial score (nSPS) is 24.2. The van der Waals surface area contributed by atoms with E-state index >= 15 is 0 Å². The number of carboxylic acids is 1. The molecule has 1 aromatic carbocycles. The van der Waals surface area contributed by atoms with Crippen molar-refractivity contribution < 1.29 is 14.7 Å². The van der Waals surface area contributed by atoms with Gasteiger partial charge in [-0.15, -0.1) is 0 Å². The van der Waals surface area contributed by atoms with Gasteiger partial charge in [0.15, 0.2) is 0 Å². The van der Waals surface area contributed by atoms with Gasteiger partial charge >= 0.3 is 5.97 Å². The van der Waals surface area contributed by atoms with E-state index in [2.05, 4.69) is 34.5 Å². The fourth-order valence-corrected chi connectivity index (χ4v) is 4.39. The van der Waals surface area contributed by atoms with E-state index in [0.29, 0.717) is 0 Å². The summed E-state index contributed by atoms with van der Waals surface area (Å²) >= 11 is 0. The quantitative estimate of drug-likeness (QED) is 0.885. The van der Waals surface area contributed by atoms with Crippen molar-refractivity contribution in [3.63, 3.8) is 0 Å². The Morgan fingerprint density at radius 2 is 1.96 bits per heavy atom. The molecule has 2 N–H and O–H groups in total. The molecule has 1 heterocycles. The number of piperidine rings is 1. The minimum atomic E-state index is -1.00. The molecule has 3 rings (SSSR count). The number of carbonyl (C=O) groups is 2. The number of carboxylic acid groups (broad SMARTS) is 1. The van der Waals surface area contributed by atoms with Gasteiger partial charge in [0, 0.05) is 12.0 Å². The summed E-state index contributed by atoms with van der Waals surface area (Å²) in [6.07, 6.45) is 7.05. The van der Waals surface area contributed by atoms with Crippen LogP contribution in [-0.4, -0.2) is 48.1 Å². The lowest BCUT2D eigenvalue weighted by atomic mass is 9.70. The number of aliphatic carboxylic acids is 1. The lowest BCUT2D eigenvalue weighted by Crippen LogP contribution is -2.49. The van der Waals surface area contributed by atoms with E-state index in [1.165, 1.54) is 36.8 Å². The number of benzene rings is 1. The van der Waals surface area contributed by atoms with Crippen molar-refractivity contribution in [1.82, 2.24) is 10.2 Å². The molecule has 1 atom stereocenters. The van der Waals surface area contributed by atoms with Crippen molar-refractivity contribution >= 4 is 11.9 Å². The first-order valence-corrected chi connectivity index (χ1v) is 8.88. The van der Waals surface area contributed by atoms with E-state index in [-0.39, 0.29) is 24.4 Å². The highest BCUT2D eigenvalue weighted by Gasteiger charge is 2.39. The van der Waals surface area contributed by atoms with Gasteiger partial charge in [-0.1, -0.05) is 30.7 Å². The number of fused-ring (bicyclic) bond motifs is 2. The van der Waals surface area contributed by atoms with E-state index in [0.717, 1.165) is 25.9 Å². The first-order valence-electron chi connectivity index (χ1n) is 8.88. The molecule has 1 saturated heterocycles. The molecule has 1 amide bonds. The van der Waals surface area contributed by atoms with Gasteiger partial charge in [-0.2, -0.15) is 0 Å². The molecule has 5 heteroatoms. The Kier molecular flexibility index (Phi) is 5.19. The average Bonchev–Trinajstić information content (AvgIpc) is 2.74. The molecule has 1 aliphatic heterocycles. The number of nitrogens with one attached hydrogen (secondary N) is 1. The fraction of sp³-hybridized carbons (Fsp3) is 0.579. The van der Waals surface area contributed by atoms with E-state index in [1.807, 2.05) is 0 Å². The summed E-state index contributed by atoms with van der Waals surface area (Å²) in [5.74, 6) is -1.20. The smallest absolute Gasteiger partial charge is 0.322 e. The summed E-state index contributed by atoms with van der Waals surface area (Å²) in [6.45, 7) is 1.78. The molecule has 24 heavy (non-hydrogen) atoms. The van der Waals surface area contributed by atoms with Gasteiger partial charge in [-0.25, -0.2) is 0 Å². The molecule has 1 spiro atoms. The highest BCUT2D eigenvalue weighted by atomic mass is 16.4. The molecular formula is C19H26N2O3. The largest absolute Gasteiger partial charge is 0.480 e. The van der Waals surface area contributed by atoms with Crippen molar-refractivity contribution in [2.45, 2.75) is 43.9 Å². The Hall–Kier alpha value is -1.88. The fourth-order valence-electron chi connectivity index (χ4n) is 4.39. The molecule has 2 aliphatic rings. The highest BCUT2D eigenvalue weighted by Crippen LogP contribution is 2.42. The molecule has 0 bridgehead atoms. The van der Waals surface area contributed by atoms with Crippen LogP contribution in [0.4, 0.5) is 0 Å². The van der Waals surface area contributed by atoms with Gasteiger partial charge in [0.1, 0.15) is 6.54 Å². The minimum absolute atomic E-state index is 0.151. The van der Waals surface area contributed by atoms with Crippen LogP contribution < -0.4 is 5.32 Å². The van der Waals surface area contributed by atoms with Crippen molar-refractivity contribution in [2.75, 3.05) is 26.2 Å². The summed E-state index contributed by atoms with van der Waals surface area (Å²) in [5, 5.41) is 11.2. The van der Waals surface area contributed by atoms with Crippen molar-refractivity contribution in [1.29, 1.82) is 0 Å². The molecular weight excluding hydrogens is 304 g/mol. The summed E-state index contributed by atoms with van der Waals surface area (Å²) in [4.78, 5) is 24.8. The topological polar surface area (TPSA) is 69.6 Å². The first kappa shape index (κ1) is 17.0. The Morgan fingerprint density at radius 1 is 1.17 bits per heavy atom. The van der Waals surface area contributed by atoms with Gasteiger partial charge in [-0.3, -0.25) is 14.5 Å². The van der Waals surface area contributed by atoms with Gasteiger partial charge in [0.25, 0.3) is 0 Å². The number of hydrogen-bond acceptors (Lipinski definition) is 3. The van der Waals surface area contributed by atoms with Crippen molar-refractivity contribution in [2.24, 2.45) is 0 Å². The summed E-state index contributed by atoms with van der Waals surface area (Å²) < 4.78 is 0. The average molecular weight is 330 g/mol. The Balaban J connectivity index is 1.72. The van der Waals surface area contributed by atoms with Crippen LogP contribution in [0.5, 0.6) is 0 Å². The zero-order valence-electron chi connectivity index (χ0n) is 14.1. The second-order valence-corrected chi connectivity index (χ2v) is 7.13. The summed E-state index contributed by atoms with van der Waals surface area (Å²) in [7, 11) is 0. The molecule has 0 radical (unpaired) electrons. The van der Waals surface area contributed by atoms with Crippen LogP contribution >= 0.6 is 0 Å². The van der Waals surface area contributed by atoms with E-state index in [1.54, 1.807) is 0 Å². The van der Waals surface area contributed by atoms with Crippen LogP contribution in [0.2, 0.25) is 0 Å². The zero-order chi connectivity index (χ0) is 17.0. The Labute approximate surface area is 143 Å². The Morgan fingerprint density at radius 3 is 2.79 bits per heavy atom. The lowest BCUT2D eigenvalue weighted by Gasteiger charge is -2.43. The molecule has 1 fully saturated rings. The van der Waals surface area contributed by atoms with Gasteiger partial charge in [0.2, 0.25) is 5.91 Å². The second-order valence-electron chi connectivity index (χ2n) is 7.13. The predicted molar refractivity (Wildman–Crippen MR) is 92.0 cm³/mol. The molecule has 1 unspecified atom stereocenters. The first-order chi connectivity index (χ1) is 11.6. The predicted octanol–water partition coefficient (Wildman–Crippen LogP) is 1.95.